The lowest BCUT2D eigenvalue weighted by Gasteiger charge is -2.28. The Labute approximate surface area is 215 Å². The van der Waals surface area contributed by atoms with Gasteiger partial charge >= 0.3 is 0 Å². The summed E-state index contributed by atoms with van der Waals surface area (Å²) in [4.78, 5) is 31.5. The summed E-state index contributed by atoms with van der Waals surface area (Å²) >= 11 is 0. The van der Waals surface area contributed by atoms with E-state index in [4.69, 9.17) is 20.9 Å². The van der Waals surface area contributed by atoms with Gasteiger partial charge in [-0.1, -0.05) is 30.8 Å². The first-order chi connectivity index (χ1) is 18.0. The molecule has 0 saturated carbocycles. The highest BCUT2D eigenvalue weighted by Gasteiger charge is 2.18. The zero-order valence-corrected chi connectivity index (χ0v) is 20.5. The third-order valence-electron chi connectivity index (χ3n) is 6.08. The Hall–Kier alpha value is -4.50. The van der Waals surface area contributed by atoms with Crippen LogP contribution in [0, 0.1) is 5.41 Å². The van der Waals surface area contributed by atoms with Crippen LogP contribution in [0.25, 0.3) is 11.3 Å². The molecule has 2 heterocycles. The molecule has 9 nitrogen and oxygen atoms in total. The number of morpholine rings is 1. The SMILES string of the molecule is C=CC(=O)Nc1ccc(CCNC(=O)c2cc(-c3cccc(N)c3C=N)nc(N3CCOCC3)c2)cc1. The van der Waals surface area contributed by atoms with Gasteiger partial charge in [-0.25, -0.2) is 4.98 Å². The monoisotopic (exact) mass is 498 g/mol. The quantitative estimate of drug-likeness (QED) is 0.203. The normalized spacial score (nSPS) is 13.0. The van der Waals surface area contributed by atoms with Crippen molar-refractivity contribution in [2.75, 3.05) is 48.8 Å². The molecule has 3 aromatic rings. The van der Waals surface area contributed by atoms with Gasteiger partial charge in [0, 0.05) is 53.9 Å². The van der Waals surface area contributed by atoms with Gasteiger partial charge in [0.05, 0.1) is 18.9 Å². The smallest absolute Gasteiger partial charge is 0.251 e. The zero-order chi connectivity index (χ0) is 26.2. The maximum atomic E-state index is 13.2. The van der Waals surface area contributed by atoms with E-state index in [1.165, 1.54) is 12.3 Å². The van der Waals surface area contributed by atoms with Crippen LogP contribution in [0.2, 0.25) is 0 Å². The number of hydrogen-bond acceptors (Lipinski definition) is 7. The van der Waals surface area contributed by atoms with E-state index in [1.54, 1.807) is 18.2 Å². The van der Waals surface area contributed by atoms with Crippen molar-refractivity contribution in [1.29, 1.82) is 5.41 Å². The number of carbonyl (C=O) groups excluding carboxylic acids is 2. The Morgan fingerprint density at radius 1 is 1.14 bits per heavy atom. The largest absolute Gasteiger partial charge is 0.398 e. The summed E-state index contributed by atoms with van der Waals surface area (Å²) in [5, 5.41) is 13.5. The average molecular weight is 499 g/mol. The minimum atomic E-state index is -0.265. The van der Waals surface area contributed by atoms with E-state index in [9.17, 15) is 9.59 Å². The third kappa shape index (κ3) is 6.39. The summed E-state index contributed by atoms with van der Waals surface area (Å²) in [5.74, 6) is 0.203. The maximum absolute atomic E-state index is 13.2. The molecule has 1 saturated heterocycles. The number of nitrogens with two attached hydrogens (primary N) is 1. The van der Waals surface area contributed by atoms with Crippen molar-refractivity contribution in [1.82, 2.24) is 10.3 Å². The highest BCUT2D eigenvalue weighted by Crippen LogP contribution is 2.28. The van der Waals surface area contributed by atoms with Crippen LogP contribution in [0.5, 0.6) is 0 Å². The van der Waals surface area contributed by atoms with Crippen LogP contribution >= 0.6 is 0 Å². The van der Waals surface area contributed by atoms with Crippen molar-refractivity contribution in [3.05, 3.63) is 83.9 Å². The summed E-state index contributed by atoms with van der Waals surface area (Å²) in [6.07, 6.45) is 3.06. The fourth-order valence-electron chi connectivity index (χ4n) is 4.08. The fourth-order valence-corrected chi connectivity index (χ4v) is 4.08. The number of benzene rings is 2. The van der Waals surface area contributed by atoms with Gasteiger partial charge in [0.2, 0.25) is 5.91 Å². The molecular weight excluding hydrogens is 468 g/mol. The first-order valence-corrected chi connectivity index (χ1v) is 12.0. The van der Waals surface area contributed by atoms with Gasteiger partial charge in [-0.15, -0.1) is 0 Å². The number of aromatic nitrogens is 1. The number of nitrogens with zero attached hydrogens (tertiary/aromatic N) is 2. The Morgan fingerprint density at radius 2 is 1.89 bits per heavy atom. The molecule has 2 amide bonds. The Balaban J connectivity index is 1.52. The lowest BCUT2D eigenvalue weighted by atomic mass is 10.0. The minimum absolute atomic E-state index is 0.215. The molecule has 1 aliphatic heterocycles. The first-order valence-electron chi connectivity index (χ1n) is 12.0. The van der Waals surface area contributed by atoms with Crippen molar-refractivity contribution in [2.24, 2.45) is 0 Å². The van der Waals surface area contributed by atoms with Gasteiger partial charge in [0.25, 0.3) is 5.91 Å². The topological polar surface area (TPSA) is 133 Å². The van der Waals surface area contributed by atoms with Crippen LogP contribution in [0.15, 0.2) is 67.3 Å². The number of amides is 2. The lowest BCUT2D eigenvalue weighted by molar-refractivity contribution is -0.111. The number of carbonyl (C=O) groups is 2. The van der Waals surface area contributed by atoms with Crippen LogP contribution in [-0.2, 0) is 16.0 Å². The molecular formula is C28H30N6O3. The maximum Gasteiger partial charge on any atom is 0.251 e. The molecule has 9 heteroatoms. The molecule has 5 N–H and O–H groups in total. The minimum Gasteiger partial charge on any atom is -0.398 e. The number of anilines is 3. The van der Waals surface area contributed by atoms with Crippen molar-refractivity contribution in [2.45, 2.75) is 6.42 Å². The van der Waals surface area contributed by atoms with E-state index >= 15 is 0 Å². The van der Waals surface area contributed by atoms with Crippen molar-refractivity contribution in [3.8, 4) is 11.3 Å². The van der Waals surface area contributed by atoms with Crippen LogP contribution in [0.3, 0.4) is 0 Å². The van der Waals surface area contributed by atoms with E-state index < -0.39 is 0 Å². The standard InChI is InChI=1S/C28H30N6O3/c1-2-27(35)32-21-8-6-19(7-9-21)10-11-31-28(36)20-16-25(22-4-3-5-24(30)23(22)18-29)33-26(17-20)34-12-14-37-15-13-34/h2-9,16-18,29H,1,10-15,30H2,(H,31,36)(H,32,35). The Morgan fingerprint density at radius 3 is 2.59 bits per heavy atom. The number of hydrogen-bond donors (Lipinski definition) is 4. The molecule has 1 fully saturated rings. The fraction of sp³-hybridized carbons (Fsp3) is 0.214. The molecule has 1 aliphatic rings. The van der Waals surface area contributed by atoms with E-state index in [2.05, 4.69) is 22.1 Å². The average Bonchev–Trinajstić information content (AvgIpc) is 2.94. The molecule has 0 aliphatic carbocycles. The molecule has 190 valence electrons. The van der Waals surface area contributed by atoms with Crippen molar-refractivity contribution < 1.29 is 14.3 Å². The summed E-state index contributed by atoms with van der Waals surface area (Å²) in [6.45, 7) is 6.41. The number of pyridine rings is 1. The molecule has 2 aromatic carbocycles. The molecule has 0 unspecified atom stereocenters. The predicted molar refractivity (Wildman–Crippen MR) is 146 cm³/mol. The zero-order valence-electron chi connectivity index (χ0n) is 20.5. The highest BCUT2D eigenvalue weighted by atomic mass is 16.5. The molecule has 0 spiro atoms. The lowest BCUT2D eigenvalue weighted by Crippen LogP contribution is -2.37. The first kappa shape index (κ1) is 25.6. The molecule has 1 aromatic heterocycles. The Bertz CT molecular complexity index is 1300. The van der Waals surface area contributed by atoms with Crippen LogP contribution < -0.4 is 21.3 Å². The van der Waals surface area contributed by atoms with E-state index in [-0.39, 0.29) is 11.8 Å². The van der Waals surface area contributed by atoms with Crippen LogP contribution in [0.1, 0.15) is 21.5 Å². The second-order valence-corrected chi connectivity index (χ2v) is 8.55. The Kier molecular flexibility index (Phi) is 8.27. The number of nitrogen functional groups attached to an aromatic ring is 1. The van der Waals surface area contributed by atoms with Crippen LogP contribution in [-0.4, -0.2) is 55.9 Å². The van der Waals surface area contributed by atoms with Crippen molar-refractivity contribution >= 4 is 35.2 Å². The van der Waals surface area contributed by atoms with E-state index in [0.29, 0.717) is 78.8 Å². The van der Waals surface area contributed by atoms with E-state index in [0.717, 1.165) is 5.56 Å². The molecule has 0 bridgehead atoms. The molecule has 0 radical (unpaired) electrons. The third-order valence-corrected chi connectivity index (χ3v) is 6.08. The summed E-state index contributed by atoms with van der Waals surface area (Å²) in [6, 6.07) is 16.4. The second-order valence-electron chi connectivity index (χ2n) is 8.55. The summed E-state index contributed by atoms with van der Waals surface area (Å²) in [5.41, 5.74) is 10.6. The van der Waals surface area contributed by atoms with Gasteiger partial charge in [-0.3, -0.25) is 9.59 Å². The highest BCUT2D eigenvalue weighted by molar-refractivity contribution is 5.99. The van der Waals surface area contributed by atoms with Gasteiger partial charge in [0.15, 0.2) is 0 Å². The van der Waals surface area contributed by atoms with Gasteiger partial charge in [-0.05, 0) is 48.4 Å². The van der Waals surface area contributed by atoms with Gasteiger partial charge < -0.3 is 31.4 Å². The number of rotatable bonds is 9. The van der Waals surface area contributed by atoms with Crippen molar-refractivity contribution in [3.63, 3.8) is 0 Å². The molecule has 37 heavy (non-hydrogen) atoms. The number of ether oxygens (including phenoxy) is 1. The van der Waals surface area contributed by atoms with E-state index in [1.807, 2.05) is 36.4 Å². The molecule has 4 rings (SSSR count). The summed E-state index contributed by atoms with van der Waals surface area (Å²) < 4.78 is 5.47. The van der Waals surface area contributed by atoms with Crippen LogP contribution in [0.4, 0.5) is 17.2 Å². The second kappa shape index (κ2) is 12.0. The van der Waals surface area contributed by atoms with Gasteiger partial charge in [-0.2, -0.15) is 0 Å². The molecule has 0 atom stereocenters. The van der Waals surface area contributed by atoms with Gasteiger partial charge in [0.1, 0.15) is 5.82 Å². The predicted octanol–water partition coefficient (Wildman–Crippen LogP) is 3.26. The summed E-state index contributed by atoms with van der Waals surface area (Å²) in [7, 11) is 0. The number of nitrogens with one attached hydrogen (secondary N) is 3.